The Morgan fingerprint density at radius 2 is 2.06 bits per heavy atom. The van der Waals surface area contributed by atoms with Crippen molar-refractivity contribution >= 4 is 17.5 Å². The first-order chi connectivity index (χ1) is 15.1. The summed E-state index contributed by atoms with van der Waals surface area (Å²) >= 11 is 6.02. The molecule has 0 spiro atoms. The van der Waals surface area contributed by atoms with Gasteiger partial charge in [0.15, 0.2) is 0 Å². The first-order valence-corrected chi connectivity index (χ1v) is 10.8. The summed E-state index contributed by atoms with van der Waals surface area (Å²) in [6.07, 6.45) is 9.12. The summed E-state index contributed by atoms with van der Waals surface area (Å²) in [6, 6.07) is 10.00. The summed E-state index contributed by atoms with van der Waals surface area (Å²) in [5, 5.41) is 13.1. The van der Waals surface area contributed by atoms with Gasteiger partial charge in [-0.05, 0) is 49.4 Å². The summed E-state index contributed by atoms with van der Waals surface area (Å²) in [7, 11) is 0. The summed E-state index contributed by atoms with van der Waals surface area (Å²) in [5.41, 5.74) is 2.52. The Balaban J connectivity index is 1.45. The van der Waals surface area contributed by atoms with Gasteiger partial charge in [-0.2, -0.15) is 0 Å². The molecule has 3 aromatic rings. The van der Waals surface area contributed by atoms with E-state index in [1.165, 1.54) is 25.6 Å². The van der Waals surface area contributed by atoms with Gasteiger partial charge in [0.25, 0.3) is 5.91 Å². The molecule has 3 N–H and O–H groups in total. The molecule has 1 fully saturated rings. The van der Waals surface area contributed by atoms with E-state index in [0.29, 0.717) is 22.3 Å². The number of rotatable bonds is 7. The zero-order chi connectivity index (χ0) is 21.6. The maximum absolute atomic E-state index is 12.7. The van der Waals surface area contributed by atoms with E-state index >= 15 is 0 Å². The first kappa shape index (κ1) is 21.3. The van der Waals surface area contributed by atoms with Crippen LogP contribution in [0.25, 0.3) is 11.3 Å². The van der Waals surface area contributed by atoms with Gasteiger partial charge in [0.1, 0.15) is 18.1 Å². The Bertz CT molecular complexity index is 1030. The van der Waals surface area contributed by atoms with E-state index < -0.39 is 6.04 Å². The minimum atomic E-state index is -0.563. The van der Waals surface area contributed by atoms with Gasteiger partial charge in [-0.15, -0.1) is 0 Å². The molecule has 0 aliphatic heterocycles. The van der Waals surface area contributed by atoms with Crippen LogP contribution in [0.5, 0.6) is 5.88 Å². The zero-order valence-corrected chi connectivity index (χ0v) is 17.8. The second kappa shape index (κ2) is 9.94. The Hall–Kier alpha value is -2.90. The van der Waals surface area contributed by atoms with Crippen LogP contribution < -0.4 is 10.1 Å². The number of carbonyl (C=O) groups excluding carboxylic acids is 1. The van der Waals surface area contributed by atoms with Gasteiger partial charge in [-0.25, -0.2) is 9.97 Å². The van der Waals surface area contributed by atoms with Crippen molar-refractivity contribution in [1.82, 2.24) is 20.3 Å². The number of amides is 1. The minimum absolute atomic E-state index is 0.200. The number of ether oxygens (including phenoxy) is 1. The number of benzene rings is 1. The van der Waals surface area contributed by atoms with Crippen molar-refractivity contribution in [1.29, 1.82) is 0 Å². The number of aliphatic hydroxyl groups is 1. The Kier molecular flexibility index (Phi) is 6.84. The number of carbonyl (C=O) groups is 1. The second-order valence-corrected chi connectivity index (χ2v) is 8.12. The molecule has 1 unspecified atom stereocenters. The molecule has 1 atom stereocenters. The fraction of sp³-hybridized carbons (Fsp3) is 0.348. The molecule has 162 valence electrons. The van der Waals surface area contributed by atoms with Crippen LogP contribution in [0.4, 0.5) is 0 Å². The van der Waals surface area contributed by atoms with Crippen LogP contribution in [0.2, 0.25) is 5.02 Å². The third-order valence-corrected chi connectivity index (χ3v) is 5.68. The molecule has 1 saturated carbocycles. The Morgan fingerprint density at radius 3 is 2.84 bits per heavy atom. The number of halogens is 1. The van der Waals surface area contributed by atoms with E-state index in [0.717, 1.165) is 24.0 Å². The van der Waals surface area contributed by atoms with Crippen molar-refractivity contribution in [3.8, 4) is 17.1 Å². The third-order valence-electron chi connectivity index (χ3n) is 5.44. The molecule has 1 amide bonds. The van der Waals surface area contributed by atoms with E-state index in [-0.39, 0.29) is 18.6 Å². The monoisotopic (exact) mass is 440 g/mol. The SMILES string of the molecule is O=C(NC(CO)c1cccc(Cl)c1)c1cc(-c2cc(OC3CCCCC3)ncn2)c[nH]1. The average molecular weight is 441 g/mol. The average Bonchev–Trinajstić information content (AvgIpc) is 3.29. The Morgan fingerprint density at radius 1 is 1.23 bits per heavy atom. The number of nitrogens with one attached hydrogen (secondary N) is 2. The number of aliphatic hydroxyl groups excluding tert-OH is 1. The molecular formula is C23H25ClN4O3. The maximum Gasteiger partial charge on any atom is 0.268 e. The standard InChI is InChI=1S/C23H25ClN4O3/c24-17-6-4-5-15(9-17)21(13-29)28-23(30)20-10-16(12-25-20)19-11-22(27-14-26-19)31-18-7-2-1-3-8-18/h4-6,9-12,14,18,21,25,29H,1-3,7-8,13H2,(H,28,30). The molecule has 2 heterocycles. The Labute approximate surface area is 185 Å². The van der Waals surface area contributed by atoms with E-state index in [4.69, 9.17) is 16.3 Å². The summed E-state index contributed by atoms with van der Waals surface area (Å²) in [5.74, 6) is 0.211. The van der Waals surface area contributed by atoms with Gasteiger partial charge in [-0.1, -0.05) is 30.2 Å². The van der Waals surface area contributed by atoms with Crippen molar-refractivity contribution in [3.63, 3.8) is 0 Å². The highest BCUT2D eigenvalue weighted by Crippen LogP contribution is 2.25. The maximum atomic E-state index is 12.7. The molecule has 0 saturated heterocycles. The van der Waals surface area contributed by atoms with Crippen molar-refractivity contribution in [2.24, 2.45) is 0 Å². The van der Waals surface area contributed by atoms with Gasteiger partial charge in [0.05, 0.1) is 18.3 Å². The van der Waals surface area contributed by atoms with Crippen molar-refractivity contribution < 1.29 is 14.6 Å². The molecule has 0 bridgehead atoms. The molecule has 0 radical (unpaired) electrons. The molecule has 31 heavy (non-hydrogen) atoms. The van der Waals surface area contributed by atoms with E-state index in [1.54, 1.807) is 36.5 Å². The summed E-state index contributed by atoms with van der Waals surface area (Å²) < 4.78 is 6.02. The largest absolute Gasteiger partial charge is 0.474 e. The molecular weight excluding hydrogens is 416 g/mol. The number of H-pyrrole nitrogens is 1. The van der Waals surface area contributed by atoms with Crippen LogP contribution in [0.15, 0.2) is 48.9 Å². The van der Waals surface area contributed by atoms with E-state index in [1.807, 2.05) is 6.07 Å². The predicted molar refractivity (Wildman–Crippen MR) is 118 cm³/mol. The van der Waals surface area contributed by atoms with Gasteiger partial charge in [0.2, 0.25) is 5.88 Å². The molecule has 1 aromatic carbocycles. The number of aromatic nitrogens is 3. The number of nitrogens with zero attached hydrogens (tertiary/aromatic N) is 2. The van der Waals surface area contributed by atoms with Gasteiger partial charge >= 0.3 is 0 Å². The molecule has 4 rings (SSSR count). The topological polar surface area (TPSA) is 100 Å². The lowest BCUT2D eigenvalue weighted by atomic mass is 9.98. The minimum Gasteiger partial charge on any atom is -0.474 e. The number of aromatic amines is 1. The summed E-state index contributed by atoms with van der Waals surface area (Å²) in [6.45, 7) is -0.243. The number of hydrogen-bond acceptors (Lipinski definition) is 5. The number of hydrogen-bond donors (Lipinski definition) is 3. The van der Waals surface area contributed by atoms with Crippen LogP contribution in [-0.2, 0) is 0 Å². The van der Waals surface area contributed by atoms with Crippen LogP contribution in [0, 0.1) is 0 Å². The van der Waals surface area contributed by atoms with Crippen LogP contribution in [0.3, 0.4) is 0 Å². The van der Waals surface area contributed by atoms with Crippen LogP contribution in [-0.4, -0.2) is 38.7 Å². The van der Waals surface area contributed by atoms with Gasteiger partial charge < -0.3 is 20.1 Å². The third kappa shape index (κ3) is 5.42. The smallest absolute Gasteiger partial charge is 0.268 e. The van der Waals surface area contributed by atoms with Crippen molar-refractivity contribution in [2.75, 3.05) is 6.61 Å². The lowest BCUT2D eigenvalue weighted by Crippen LogP contribution is -2.31. The highest BCUT2D eigenvalue weighted by atomic mass is 35.5. The molecule has 1 aliphatic rings. The van der Waals surface area contributed by atoms with Gasteiger partial charge in [-0.3, -0.25) is 4.79 Å². The van der Waals surface area contributed by atoms with E-state index in [9.17, 15) is 9.90 Å². The van der Waals surface area contributed by atoms with Crippen LogP contribution >= 0.6 is 11.6 Å². The van der Waals surface area contributed by atoms with Gasteiger partial charge in [0, 0.05) is 22.8 Å². The highest BCUT2D eigenvalue weighted by molar-refractivity contribution is 6.30. The molecule has 8 heteroatoms. The fourth-order valence-corrected chi connectivity index (χ4v) is 3.98. The lowest BCUT2D eigenvalue weighted by Gasteiger charge is -2.22. The fourth-order valence-electron chi connectivity index (χ4n) is 3.78. The van der Waals surface area contributed by atoms with E-state index in [2.05, 4.69) is 20.3 Å². The van der Waals surface area contributed by atoms with Crippen molar-refractivity contribution in [3.05, 3.63) is 65.2 Å². The normalized spacial score (nSPS) is 15.4. The first-order valence-electron chi connectivity index (χ1n) is 10.5. The molecule has 2 aromatic heterocycles. The lowest BCUT2D eigenvalue weighted by molar-refractivity contribution is 0.0911. The van der Waals surface area contributed by atoms with Crippen LogP contribution in [0.1, 0.15) is 54.2 Å². The predicted octanol–water partition coefficient (Wildman–Crippen LogP) is 4.30. The molecule has 7 nitrogen and oxygen atoms in total. The van der Waals surface area contributed by atoms with Crippen molar-refractivity contribution in [2.45, 2.75) is 44.2 Å². The molecule has 1 aliphatic carbocycles. The quantitative estimate of drug-likeness (QED) is 0.508. The second-order valence-electron chi connectivity index (χ2n) is 7.69. The zero-order valence-electron chi connectivity index (χ0n) is 17.1. The highest BCUT2D eigenvalue weighted by Gasteiger charge is 2.18. The summed E-state index contributed by atoms with van der Waals surface area (Å²) in [4.78, 5) is 24.2.